The Morgan fingerprint density at radius 3 is 2.54 bits per heavy atom. The van der Waals surface area contributed by atoms with Gasteiger partial charge in [-0.25, -0.2) is 9.97 Å². The smallest absolute Gasteiger partial charge is 0.249 e. The number of rotatable bonds is 5. The van der Waals surface area contributed by atoms with E-state index in [0.717, 1.165) is 17.2 Å². The molecule has 0 bridgehead atoms. The van der Waals surface area contributed by atoms with Crippen LogP contribution in [0.25, 0.3) is 11.4 Å². The van der Waals surface area contributed by atoms with Gasteiger partial charge in [-0.3, -0.25) is 4.98 Å². The van der Waals surface area contributed by atoms with Crippen LogP contribution in [-0.4, -0.2) is 25.1 Å². The van der Waals surface area contributed by atoms with Crippen molar-refractivity contribution in [2.24, 2.45) is 5.92 Å². The lowest BCUT2D eigenvalue weighted by Crippen LogP contribution is -2.21. The molecule has 0 saturated carbocycles. The summed E-state index contributed by atoms with van der Waals surface area (Å²) in [6.07, 6.45) is 5.19. The molecule has 3 aromatic heterocycles. The van der Waals surface area contributed by atoms with Crippen molar-refractivity contribution in [3.05, 3.63) is 48.5 Å². The number of hydrogen-bond donors (Lipinski definition) is 1. The lowest BCUT2D eigenvalue weighted by atomic mass is 9.96. The minimum Gasteiger partial charge on any atom is -0.358 e. The molecule has 1 unspecified atom stereocenters. The maximum Gasteiger partial charge on any atom is 0.249 e. The number of hydrogen-bond acceptors (Lipinski definition) is 7. The van der Waals surface area contributed by atoms with Gasteiger partial charge in [0.1, 0.15) is 17.7 Å². The summed E-state index contributed by atoms with van der Waals surface area (Å²) in [5.74, 6) is 2.80. The number of nitrogens with one attached hydrogen (secondary N) is 1. The van der Waals surface area contributed by atoms with E-state index in [1.165, 1.54) is 0 Å². The summed E-state index contributed by atoms with van der Waals surface area (Å²) < 4.78 is 5.52. The van der Waals surface area contributed by atoms with Gasteiger partial charge in [0.15, 0.2) is 0 Å². The second-order valence-corrected chi connectivity index (χ2v) is 7.58. The van der Waals surface area contributed by atoms with E-state index in [9.17, 15) is 0 Å². The zero-order valence-electron chi connectivity index (χ0n) is 15.8. The van der Waals surface area contributed by atoms with Gasteiger partial charge in [-0.2, -0.15) is 4.98 Å². The van der Waals surface area contributed by atoms with E-state index in [1.54, 1.807) is 18.6 Å². The molecule has 0 saturated heterocycles. The van der Waals surface area contributed by atoms with Crippen molar-refractivity contribution < 1.29 is 4.52 Å². The van der Waals surface area contributed by atoms with Crippen molar-refractivity contribution in [3.8, 4) is 11.4 Å². The number of aromatic nitrogens is 5. The number of pyridine rings is 1. The molecule has 0 aliphatic rings. The fourth-order valence-electron chi connectivity index (χ4n) is 2.45. The van der Waals surface area contributed by atoms with Crippen LogP contribution in [0.1, 0.15) is 52.4 Å². The Morgan fingerprint density at radius 1 is 1.08 bits per heavy atom. The largest absolute Gasteiger partial charge is 0.358 e. The van der Waals surface area contributed by atoms with Crippen LogP contribution in [0.3, 0.4) is 0 Å². The Kier molecular flexibility index (Phi) is 4.97. The monoisotopic (exact) mass is 352 g/mol. The highest BCUT2D eigenvalue weighted by Crippen LogP contribution is 2.27. The molecular weight excluding hydrogens is 328 g/mol. The zero-order chi connectivity index (χ0) is 18.7. The minimum absolute atomic E-state index is 0.122. The SMILES string of the molecule is CC(C)C(Nc1ccnc(C(C)(C)C)n1)c1nc(-c2cccnc2)no1. The van der Waals surface area contributed by atoms with Crippen molar-refractivity contribution in [2.45, 2.75) is 46.1 Å². The second kappa shape index (κ2) is 7.19. The van der Waals surface area contributed by atoms with Gasteiger partial charge in [0.25, 0.3) is 0 Å². The molecular formula is C19H24N6O. The van der Waals surface area contributed by atoms with E-state index in [4.69, 9.17) is 4.52 Å². The number of anilines is 1. The molecule has 0 aliphatic carbocycles. The molecule has 3 heterocycles. The Hall–Kier alpha value is -2.83. The molecule has 3 aromatic rings. The number of nitrogens with zero attached hydrogens (tertiary/aromatic N) is 5. The fraction of sp³-hybridized carbons (Fsp3) is 0.421. The summed E-state index contributed by atoms with van der Waals surface area (Å²) >= 11 is 0. The predicted octanol–water partition coefficient (Wildman–Crippen LogP) is 4.03. The summed E-state index contributed by atoms with van der Waals surface area (Å²) in [6, 6.07) is 5.44. The summed E-state index contributed by atoms with van der Waals surface area (Å²) in [6.45, 7) is 10.5. The Labute approximate surface area is 153 Å². The lowest BCUT2D eigenvalue weighted by molar-refractivity contribution is 0.335. The van der Waals surface area contributed by atoms with Gasteiger partial charge in [0, 0.05) is 29.6 Å². The quantitative estimate of drug-likeness (QED) is 0.741. The lowest BCUT2D eigenvalue weighted by Gasteiger charge is -2.21. The van der Waals surface area contributed by atoms with Gasteiger partial charge >= 0.3 is 0 Å². The molecule has 0 spiro atoms. The Morgan fingerprint density at radius 2 is 1.88 bits per heavy atom. The van der Waals surface area contributed by atoms with Crippen LogP contribution in [0.4, 0.5) is 5.82 Å². The van der Waals surface area contributed by atoms with Crippen LogP contribution < -0.4 is 5.32 Å². The molecule has 0 fully saturated rings. The first-order chi connectivity index (χ1) is 12.3. The van der Waals surface area contributed by atoms with E-state index in [2.05, 4.69) is 65.0 Å². The average molecular weight is 352 g/mol. The van der Waals surface area contributed by atoms with Crippen LogP contribution in [0.2, 0.25) is 0 Å². The zero-order valence-corrected chi connectivity index (χ0v) is 15.8. The highest BCUT2D eigenvalue weighted by molar-refractivity contribution is 5.52. The fourth-order valence-corrected chi connectivity index (χ4v) is 2.45. The van der Waals surface area contributed by atoms with Crippen LogP contribution >= 0.6 is 0 Å². The molecule has 7 heteroatoms. The first-order valence-corrected chi connectivity index (χ1v) is 8.68. The van der Waals surface area contributed by atoms with Crippen LogP contribution in [0, 0.1) is 5.92 Å². The van der Waals surface area contributed by atoms with Crippen LogP contribution in [0.15, 0.2) is 41.3 Å². The van der Waals surface area contributed by atoms with Gasteiger partial charge in [-0.15, -0.1) is 0 Å². The molecule has 0 aliphatic heterocycles. The second-order valence-electron chi connectivity index (χ2n) is 7.58. The molecule has 0 amide bonds. The third-order valence-corrected chi connectivity index (χ3v) is 3.92. The van der Waals surface area contributed by atoms with Crippen molar-refractivity contribution in [1.29, 1.82) is 0 Å². The molecule has 3 rings (SSSR count). The third-order valence-electron chi connectivity index (χ3n) is 3.92. The maximum atomic E-state index is 5.52. The average Bonchev–Trinajstić information content (AvgIpc) is 3.09. The van der Waals surface area contributed by atoms with Crippen molar-refractivity contribution in [1.82, 2.24) is 25.1 Å². The molecule has 7 nitrogen and oxygen atoms in total. The van der Waals surface area contributed by atoms with E-state index in [-0.39, 0.29) is 17.4 Å². The van der Waals surface area contributed by atoms with Crippen molar-refractivity contribution in [2.75, 3.05) is 5.32 Å². The van der Waals surface area contributed by atoms with Crippen molar-refractivity contribution >= 4 is 5.82 Å². The Bertz CT molecular complexity index is 854. The van der Waals surface area contributed by atoms with E-state index in [0.29, 0.717) is 11.7 Å². The molecule has 136 valence electrons. The summed E-state index contributed by atoms with van der Waals surface area (Å²) in [5.41, 5.74) is 0.699. The van der Waals surface area contributed by atoms with Gasteiger partial charge in [-0.1, -0.05) is 39.8 Å². The normalized spacial score (nSPS) is 13.0. The topological polar surface area (TPSA) is 89.6 Å². The first kappa shape index (κ1) is 18.0. The van der Waals surface area contributed by atoms with Crippen molar-refractivity contribution in [3.63, 3.8) is 0 Å². The highest BCUT2D eigenvalue weighted by atomic mass is 16.5. The summed E-state index contributed by atoms with van der Waals surface area (Å²) in [5, 5.41) is 7.50. The van der Waals surface area contributed by atoms with E-state index >= 15 is 0 Å². The minimum atomic E-state index is -0.157. The molecule has 1 N–H and O–H groups in total. The Balaban J connectivity index is 1.86. The van der Waals surface area contributed by atoms with Gasteiger partial charge < -0.3 is 9.84 Å². The van der Waals surface area contributed by atoms with Crippen LogP contribution in [0.5, 0.6) is 0 Å². The van der Waals surface area contributed by atoms with Crippen LogP contribution in [-0.2, 0) is 5.41 Å². The highest BCUT2D eigenvalue weighted by Gasteiger charge is 2.24. The van der Waals surface area contributed by atoms with Gasteiger partial charge in [0.05, 0.1) is 0 Å². The summed E-state index contributed by atoms with van der Waals surface area (Å²) in [4.78, 5) is 17.6. The maximum absolute atomic E-state index is 5.52. The third kappa shape index (κ3) is 4.04. The molecule has 0 aromatic carbocycles. The van der Waals surface area contributed by atoms with Gasteiger partial charge in [-0.05, 0) is 24.1 Å². The standard InChI is InChI=1S/C19H24N6O/c1-12(2)15(22-14-8-10-21-18(23-14)19(3,4)5)17-24-16(25-26-17)13-7-6-9-20-11-13/h6-12,15H,1-5H3,(H,21,22,23). The molecule has 26 heavy (non-hydrogen) atoms. The summed E-state index contributed by atoms with van der Waals surface area (Å²) in [7, 11) is 0. The molecule has 1 atom stereocenters. The van der Waals surface area contributed by atoms with E-state index < -0.39 is 0 Å². The predicted molar refractivity (Wildman–Crippen MR) is 99.5 cm³/mol. The first-order valence-electron chi connectivity index (χ1n) is 8.68. The van der Waals surface area contributed by atoms with E-state index in [1.807, 2.05) is 18.2 Å². The molecule has 0 radical (unpaired) electrons. The van der Waals surface area contributed by atoms with Gasteiger partial charge in [0.2, 0.25) is 11.7 Å².